The third-order valence-electron chi connectivity index (χ3n) is 1.84. The zero-order valence-electron chi connectivity index (χ0n) is 6.59. The van der Waals surface area contributed by atoms with E-state index in [4.69, 9.17) is 4.42 Å². The minimum atomic E-state index is -0.790. The summed E-state index contributed by atoms with van der Waals surface area (Å²) in [7, 11) is 0. The molecule has 0 unspecified atom stereocenters. The molecule has 0 aliphatic heterocycles. The maximum absolute atomic E-state index is 9.62. The molecule has 2 heterocycles. The first-order valence-electron chi connectivity index (χ1n) is 3.62. The number of hydrogen-bond donors (Lipinski definition) is 1. The SMILES string of the molecule is CC(C)(O)c1cc2ccc1o2. The van der Waals surface area contributed by atoms with Crippen molar-refractivity contribution < 1.29 is 9.52 Å². The Morgan fingerprint density at radius 3 is 2.36 bits per heavy atom. The quantitative estimate of drug-likeness (QED) is 0.675. The molecular formula is C9H10O2. The van der Waals surface area contributed by atoms with Crippen LogP contribution >= 0.6 is 0 Å². The van der Waals surface area contributed by atoms with E-state index in [1.807, 2.05) is 18.2 Å². The van der Waals surface area contributed by atoms with E-state index in [1.165, 1.54) is 0 Å². The Kier molecular flexibility index (Phi) is 1.07. The van der Waals surface area contributed by atoms with Crippen molar-refractivity contribution in [2.75, 3.05) is 0 Å². The van der Waals surface area contributed by atoms with Gasteiger partial charge in [0.1, 0.15) is 11.2 Å². The summed E-state index contributed by atoms with van der Waals surface area (Å²) in [5.74, 6) is 0. The average Bonchev–Trinajstić information content (AvgIpc) is 2.42. The molecule has 0 radical (unpaired) electrons. The summed E-state index contributed by atoms with van der Waals surface area (Å²) in [6.45, 7) is 3.51. The van der Waals surface area contributed by atoms with Crippen molar-refractivity contribution >= 4 is 11.2 Å². The van der Waals surface area contributed by atoms with Gasteiger partial charge in [-0.25, -0.2) is 0 Å². The fraction of sp³-hybridized carbons (Fsp3) is 0.333. The fourth-order valence-corrected chi connectivity index (χ4v) is 1.27. The zero-order valence-corrected chi connectivity index (χ0v) is 6.59. The molecule has 2 nitrogen and oxygen atoms in total. The molecule has 0 atom stereocenters. The Morgan fingerprint density at radius 2 is 2.09 bits per heavy atom. The lowest BCUT2D eigenvalue weighted by Crippen LogP contribution is -2.14. The largest absolute Gasteiger partial charge is 0.457 e. The molecule has 2 aromatic rings. The van der Waals surface area contributed by atoms with Gasteiger partial charge in [-0.2, -0.15) is 0 Å². The molecule has 0 amide bonds. The number of hydrogen-bond acceptors (Lipinski definition) is 2. The van der Waals surface area contributed by atoms with Crippen LogP contribution in [0.3, 0.4) is 0 Å². The highest BCUT2D eigenvalue weighted by Gasteiger charge is 2.21. The average molecular weight is 150 g/mol. The van der Waals surface area contributed by atoms with Gasteiger partial charge in [-0.05, 0) is 32.0 Å². The van der Waals surface area contributed by atoms with Gasteiger partial charge < -0.3 is 9.52 Å². The molecule has 0 saturated heterocycles. The Bertz CT molecular complexity index is 354. The summed E-state index contributed by atoms with van der Waals surface area (Å²) in [6.07, 6.45) is 0. The van der Waals surface area contributed by atoms with E-state index in [-0.39, 0.29) is 0 Å². The number of rotatable bonds is 1. The summed E-state index contributed by atoms with van der Waals surface area (Å²) in [6, 6.07) is 5.64. The van der Waals surface area contributed by atoms with Crippen molar-refractivity contribution in [3.63, 3.8) is 0 Å². The Balaban J connectivity index is 2.63. The van der Waals surface area contributed by atoms with Crippen LogP contribution in [0.2, 0.25) is 0 Å². The van der Waals surface area contributed by atoms with Crippen molar-refractivity contribution in [3.05, 3.63) is 23.8 Å². The number of benzene rings is 1. The summed E-state index contributed by atoms with van der Waals surface area (Å²) >= 11 is 0. The van der Waals surface area contributed by atoms with Crippen molar-refractivity contribution in [1.82, 2.24) is 0 Å². The number of furan rings is 2. The van der Waals surface area contributed by atoms with Gasteiger partial charge in [-0.1, -0.05) is 0 Å². The predicted octanol–water partition coefficient (Wildman–Crippen LogP) is 2.10. The molecule has 0 spiro atoms. The van der Waals surface area contributed by atoms with Crippen LogP contribution in [0.4, 0.5) is 0 Å². The lowest BCUT2D eigenvalue weighted by molar-refractivity contribution is 0.0799. The van der Waals surface area contributed by atoms with Gasteiger partial charge >= 0.3 is 0 Å². The number of aliphatic hydroxyl groups is 1. The van der Waals surface area contributed by atoms with Gasteiger partial charge in [0.25, 0.3) is 0 Å². The Morgan fingerprint density at radius 1 is 1.36 bits per heavy atom. The lowest BCUT2D eigenvalue weighted by atomic mass is 9.99. The van der Waals surface area contributed by atoms with Crippen LogP contribution in [-0.4, -0.2) is 5.11 Å². The number of fused-ring (bicyclic) bond motifs is 2. The topological polar surface area (TPSA) is 33.4 Å². The molecule has 2 rings (SSSR count). The minimum absolute atomic E-state index is 0.785. The van der Waals surface area contributed by atoms with Gasteiger partial charge in [0, 0.05) is 5.56 Å². The second kappa shape index (κ2) is 1.77. The van der Waals surface area contributed by atoms with Crippen molar-refractivity contribution in [3.8, 4) is 0 Å². The minimum Gasteiger partial charge on any atom is -0.457 e. The maximum Gasteiger partial charge on any atom is 0.133 e. The summed E-state index contributed by atoms with van der Waals surface area (Å²) in [5, 5.41) is 9.62. The zero-order chi connectivity index (χ0) is 8.06. The van der Waals surface area contributed by atoms with Crippen molar-refractivity contribution in [2.24, 2.45) is 0 Å². The van der Waals surface area contributed by atoms with Crippen LogP contribution in [0.5, 0.6) is 0 Å². The van der Waals surface area contributed by atoms with Crippen molar-refractivity contribution in [2.45, 2.75) is 19.4 Å². The molecule has 0 fully saturated rings. The van der Waals surface area contributed by atoms with Crippen LogP contribution in [0.15, 0.2) is 22.6 Å². The first kappa shape index (κ1) is 6.68. The molecule has 58 valence electrons. The van der Waals surface area contributed by atoms with Gasteiger partial charge in [-0.3, -0.25) is 0 Å². The third-order valence-corrected chi connectivity index (χ3v) is 1.84. The van der Waals surface area contributed by atoms with E-state index in [9.17, 15) is 5.11 Å². The van der Waals surface area contributed by atoms with Crippen LogP contribution in [-0.2, 0) is 5.60 Å². The monoisotopic (exact) mass is 150 g/mol. The van der Waals surface area contributed by atoms with E-state index in [0.717, 1.165) is 16.7 Å². The summed E-state index contributed by atoms with van der Waals surface area (Å²) in [5.41, 5.74) is 1.70. The highest BCUT2D eigenvalue weighted by Crippen LogP contribution is 2.30. The summed E-state index contributed by atoms with van der Waals surface area (Å²) in [4.78, 5) is 0. The van der Waals surface area contributed by atoms with Crippen LogP contribution in [0.1, 0.15) is 19.4 Å². The molecule has 0 aromatic carbocycles. The molecule has 0 aliphatic rings. The standard InChI is InChI=1S/C9H10O2/c1-9(2,10)7-5-6-3-4-8(7)11-6/h3-5,10H,1-2H3. The van der Waals surface area contributed by atoms with E-state index in [2.05, 4.69) is 0 Å². The lowest BCUT2D eigenvalue weighted by Gasteiger charge is -2.14. The molecular weight excluding hydrogens is 140 g/mol. The second-order valence-electron chi connectivity index (χ2n) is 3.32. The Labute approximate surface area is 64.8 Å². The van der Waals surface area contributed by atoms with E-state index in [1.54, 1.807) is 13.8 Å². The second-order valence-corrected chi connectivity index (χ2v) is 3.32. The van der Waals surface area contributed by atoms with Crippen molar-refractivity contribution in [1.29, 1.82) is 0 Å². The van der Waals surface area contributed by atoms with Gasteiger partial charge in [0.05, 0.1) is 5.60 Å². The van der Waals surface area contributed by atoms with Crippen LogP contribution < -0.4 is 0 Å². The van der Waals surface area contributed by atoms with E-state index >= 15 is 0 Å². The summed E-state index contributed by atoms with van der Waals surface area (Å²) < 4.78 is 5.28. The molecule has 2 aromatic heterocycles. The van der Waals surface area contributed by atoms with E-state index in [0.29, 0.717) is 0 Å². The van der Waals surface area contributed by atoms with Crippen LogP contribution in [0.25, 0.3) is 11.2 Å². The highest BCUT2D eigenvalue weighted by atomic mass is 16.3. The van der Waals surface area contributed by atoms with Gasteiger partial charge in [-0.15, -0.1) is 0 Å². The molecule has 1 N–H and O–H groups in total. The fourth-order valence-electron chi connectivity index (χ4n) is 1.27. The molecule has 2 heteroatoms. The first-order chi connectivity index (χ1) is 5.07. The first-order valence-corrected chi connectivity index (χ1v) is 3.62. The van der Waals surface area contributed by atoms with Crippen LogP contribution in [0, 0.1) is 0 Å². The normalized spacial score (nSPS) is 13.0. The van der Waals surface area contributed by atoms with Gasteiger partial charge in [0.15, 0.2) is 0 Å². The highest BCUT2D eigenvalue weighted by molar-refractivity contribution is 5.67. The third kappa shape index (κ3) is 0.906. The molecule has 2 bridgehead atoms. The maximum atomic E-state index is 9.62. The predicted molar refractivity (Wildman–Crippen MR) is 42.6 cm³/mol. The smallest absolute Gasteiger partial charge is 0.133 e. The Hall–Kier alpha value is -1.02. The molecule has 0 saturated carbocycles. The molecule has 11 heavy (non-hydrogen) atoms. The van der Waals surface area contributed by atoms with E-state index < -0.39 is 5.60 Å². The van der Waals surface area contributed by atoms with Gasteiger partial charge in [0.2, 0.25) is 0 Å². The molecule has 0 aliphatic carbocycles.